The fourth-order valence-electron chi connectivity index (χ4n) is 4.27. The minimum absolute atomic E-state index is 0.0331. The van der Waals surface area contributed by atoms with Crippen molar-refractivity contribution < 1.29 is 32.3 Å². The number of carbonyl (C=O) groups excluding carboxylic acids is 3. The molecule has 32 heavy (non-hydrogen) atoms. The largest absolute Gasteiger partial charge is 0.467 e. The van der Waals surface area contributed by atoms with Gasteiger partial charge < -0.3 is 26.0 Å². The van der Waals surface area contributed by atoms with Gasteiger partial charge >= 0.3 is 12.1 Å². The van der Waals surface area contributed by atoms with Crippen molar-refractivity contribution in [3.8, 4) is 0 Å². The summed E-state index contributed by atoms with van der Waals surface area (Å²) in [5, 5.41) is 5.34. The highest BCUT2D eigenvalue weighted by atomic mass is 19.4. The second-order valence-corrected chi connectivity index (χ2v) is 8.15. The molecule has 0 spiro atoms. The number of hydrogen-bond donors (Lipinski definition) is 3. The fourth-order valence-corrected chi connectivity index (χ4v) is 4.27. The van der Waals surface area contributed by atoms with E-state index < -0.39 is 47.3 Å². The van der Waals surface area contributed by atoms with Gasteiger partial charge in [0.15, 0.2) is 6.17 Å². The summed E-state index contributed by atoms with van der Waals surface area (Å²) in [6.07, 6.45) is -3.76. The van der Waals surface area contributed by atoms with Crippen LogP contribution in [0, 0.1) is 5.92 Å². The third kappa shape index (κ3) is 4.67. The maximum Gasteiger partial charge on any atom is 0.416 e. The SMILES string of the molecule is CC[C@@H]1C[C@]1(NC(=O)[C@@H]1CCCN1C(=O)[C@H](N)Nc1cccc(C(F)(F)F)c1)C(=O)OC. The third-order valence-electron chi connectivity index (χ3n) is 6.11. The molecule has 2 fully saturated rings. The van der Waals surface area contributed by atoms with E-state index in [-0.39, 0.29) is 18.2 Å². The zero-order valence-electron chi connectivity index (χ0n) is 17.9. The minimum atomic E-state index is -4.53. The molecule has 0 radical (unpaired) electrons. The van der Waals surface area contributed by atoms with Crippen molar-refractivity contribution in [2.24, 2.45) is 11.7 Å². The number of halogens is 3. The molecule has 1 aromatic rings. The van der Waals surface area contributed by atoms with Gasteiger partial charge in [-0.2, -0.15) is 13.2 Å². The molecule has 3 rings (SSSR count). The number of hydrogen-bond acceptors (Lipinski definition) is 6. The second kappa shape index (κ2) is 8.97. The third-order valence-corrected chi connectivity index (χ3v) is 6.11. The van der Waals surface area contributed by atoms with Gasteiger partial charge in [-0.15, -0.1) is 0 Å². The van der Waals surface area contributed by atoms with E-state index in [1.165, 1.54) is 24.1 Å². The molecule has 1 saturated heterocycles. The molecule has 2 aliphatic rings. The zero-order chi connectivity index (χ0) is 23.7. The molecule has 0 aromatic heterocycles. The van der Waals surface area contributed by atoms with Crippen LogP contribution in [0.1, 0.15) is 38.2 Å². The van der Waals surface area contributed by atoms with Crippen LogP contribution in [0.4, 0.5) is 18.9 Å². The first-order chi connectivity index (χ1) is 15.0. The number of nitrogens with zero attached hydrogens (tertiary/aromatic N) is 1. The van der Waals surface area contributed by atoms with Crippen LogP contribution in [0.25, 0.3) is 0 Å². The molecular formula is C21H27F3N4O4. The summed E-state index contributed by atoms with van der Waals surface area (Å²) in [6.45, 7) is 2.18. The average Bonchev–Trinajstić information content (AvgIpc) is 3.24. The number of alkyl halides is 3. The lowest BCUT2D eigenvalue weighted by molar-refractivity contribution is -0.148. The maximum atomic E-state index is 12.9. The molecule has 4 N–H and O–H groups in total. The first kappa shape index (κ1) is 23.8. The maximum absolute atomic E-state index is 12.9. The number of nitrogens with one attached hydrogen (secondary N) is 2. The number of amides is 2. The summed E-state index contributed by atoms with van der Waals surface area (Å²) in [5.41, 5.74) is 4.01. The molecule has 1 aliphatic carbocycles. The minimum Gasteiger partial charge on any atom is -0.467 e. The van der Waals surface area contributed by atoms with Crippen molar-refractivity contribution in [2.45, 2.75) is 56.5 Å². The molecule has 1 aromatic carbocycles. The van der Waals surface area contributed by atoms with E-state index in [9.17, 15) is 27.6 Å². The van der Waals surface area contributed by atoms with E-state index in [0.29, 0.717) is 25.7 Å². The molecule has 0 bridgehead atoms. The van der Waals surface area contributed by atoms with Gasteiger partial charge in [-0.3, -0.25) is 9.59 Å². The quantitative estimate of drug-likeness (QED) is 0.426. The van der Waals surface area contributed by atoms with E-state index in [1.54, 1.807) is 0 Å². The predicted molar refractivity (Wildman–Crippen MR) is 109 cm³/mol. The number of benzene rings is 1. The van der Waals surface area contributed by atoms with Crippen molar-refractivity contribution in [1.29, 1.82) is 0 Å². The van der Waals surface area contributed by atoms with Gasteiger partial charge in [0, 0.05) is 12.2 Å². The number of carbonyl (C=O) groups is 3. The Bertz CT molecular complexity index is 894. The number of rotatable bonds is 7. The molecule has 2 amide bonds. The summed E-state index contributed by atoms with van der Waals surface area (Å²) in [7, 11) is 1.26. The Labute approximate surface area is 183 Å². The van der Waals surface area contributed by atoms with Crippen LogP contribution in [0.5, 0.6) is 0 Å². The van der Waals surface area contributed by atoms with E-state index in [1.807, 2.05) is 6.92 Å². The first-order valence-corrected chi connectivity index (χ1v) is 10.4. The number of anilines is 1. The molecule has 11 heteroatoms. The van der Waals surface area contributed by atoms with Crippen molar-refractivity contribution in [3.05, 3.63) is 29.8 Å². The highest BCUT2D eigenvalue weighted by Gasteiger charge is 2.61. The topological polar surface area (TPSA) is 114 Å². The number of esters is 1. The van der Waals surface area contributed by atoms with Crippen molar-refractivity contribution in [3.63, 3.8) is 0 Å². The molecule has 1 heterocycles. The lowest BCUT2D eigenvalue weighted by atomic mass is 10.1. The van der Waals surface area contributed by atoms with Crippen LogP contribution in [-0.4, -0.2) is 54.1 Å². The Hall–Kier alpha value is -2.82. The first-order valence-electron chi connectivity index (χ1n) is 10.4. The number of methoxy groups -OCH3 is 1. The molecule has 4 atom stereocenters. The van der Waals surface area contributed by atoms with Crippen LogP contribution in [0.15, 0.2) is 24.3 Å². The Morgan fingerprint density at radius 3 is 2.66 bits per heavy atom. The van der Waals surface area contributed by atoms with Gasteiger partial charge in [-0.1, -0.05) is 19.4 Å². The molecule has 1 aliphatic heterocycles. The van der Waals surface area contributed by atoms with Crippen molar-refractivity contribution in [1.82, 2.24) is 10.2 Å². The van der Waals surface area contributed by atoms with Gasteiger partial charge in [0.2, 0.25) is 5.91 Å². The Morgan fingerprint density at radius 1 is 1.34 bits per heavy atom. The van der Waals surface area contributed by atoms with Crippen LogP contribution < -0.4 is 16.4 Å². The molecule has 176 valence electrons. The smallest absolute Gasteiger partial charge is 0.416 e. The lowest BCUT2D eigenvalue weighted by Crippen LogP contribution is -2.56. The van der Waals surface area contributed by atoms with Gasteiger partial charge in [0.25, 0.3) is 5.91 Å². The van der Waals surface area contributed by atoms with Crippen LogP contribution >= 0.6 is 0 Å². The lowest BCUT2D eigenvalue weighted by Gasteiger charge is -2.29. The van der Waals surface area contributed by atoms with Crippen molar-refractivity contribution in [2.75, 3.05) is 19.0 Å². The van der Waals surface area contributed by atoms with Crippen molar-refractivity contribution >= 4 is 23.5 Å². The van der Waals surface area contributed by atoms with Crippen LogP contribution in [0.3, 0.4) is 0 Å². The highest BCUT2D eigenvalue weighted by molar-refractivity contribution is 5.96. The van der Waals surface area contributed by atoms with E-state index >= 15 is 0 Å². The van der Waals surface area contributed by atoms with E-state index in [2.05, 4.69) is 10.6 Å². The van der Waals surface area contributed by atoms with Gasteiger partial charge in [0.1, 0.15) is 11.6 Å². The number of nitrogens with two attached hydrogens (primary N) is 1. The monoisotopic (exact) mass is 456 g/mol. The number of likely N-dealkylation sites (tertiary alicyclic amines) is 1. The molecule has 0 unspecified atom stereocenters. The Kier molecular flexibility index (Phi) is 6.68. The zero-order valence-corrected chi connectivity index (χ0v) is 17.9. The average molecular weight is 456 g/mol. The van der Waals surface area contributed by atoms with E-state index in [0.717, 1.165) is 12.1 Å². The van der Waals surface area contributed by atoms with Crippen LogP contribution in [-0.2, 0) is 25.3 Å². The fraction of sp³-hybridized carbons (Fsp3) is 0.571. The summed E-state index contributed by atoms with van der Waals surface area (Å²) >= 11 is 0. The van der Waals surface area contributed by atoms with E-state index in [4.69, 9.17) is 10.5 Å². The van der Waals surface area contributed by atoms with Gasteiger partial charge in [-0.05, 0) is 43.4 Å². The molecular weight excluding hydrogens is 429 g/mol. The second-order valence-electron chi connectivity index (χ2n) is 8.15. The highest BCUT2D eigenvalue weighted by Crippen LogP contribution is 2.47. The van der Waals surface area contributed by atoms with Gasteiger partial charge in [-0.25, -0.2) is 4.79 Å². The Balaban J connectivity index is 1.67. The normalized spacial score (nSPS) is 25.8. The summed E-state index contributed by atoms with van der Waals surface area (Å²) in [6, 6.07) is 3.53. The summed E-state index contributed by atoms with van der Waals surface area (Å²) < 4.78 is 43.6. The Morgan fingerprint density at radius 2 is 2.06 bits per heavy atom. The summed E-state index contributed by atoms with van der Waals surface area (Å²) in [5.74, 6) is -1.63. The summed E-state index contributed by atoms with van der Waals surface area (Å²) in [4.78, 5) is 39.3. The number of ether oxygens (including phenoxy) is 1. The van der Waals surface area contributed by atoms with Crippen LogP contribution in [0.2, 0.25) is 0 Å². The molecule has 8 nitrogen and oxygen atoms in total. The predicted octanol–water partition coefficient (Wildman–Crippen LogP) is 1.85. The molecule has 1 saturated carbocycles. The van der Waals surface area contributed by atoms with Gasteiger partial charge in [0.05, 0.1) is 12.7 Å². The standard InChI is InChI=1S/C21H27F3N4O4/c1-3-12-11-20(12,19(31)32-2)27-17(29)15-8-5-9-28(15)18(30)16(25)26-14-7-4-6-13(10-14)21(22,23)24/h4,6-7,10,12,15-16,26H,3,5,8-9,11,25H2,1-2H3,(H,27,29)/t12-,15+,16-,20-/m1/s1.